The topological polar surface area (TPSA) is 41.1 Å². The molecule has 5 heteroatoms. The maximum atomic E-state index is 4.51. The lowest BCUT2D eigenvalue weighted by atomic mass is 10.1. The van der Waals surface area contributed by atoms with E-state index in [1.807, 2.05) is 18.5 Å². The lowest BCUT2D eigenvalue weighted by Crippen LogP contribution is -2.21. The fourth-order valence-electron chi connectivity index (χ4n) is 2.28. The van der Waals surface area contributed by atoms with Gasteiger partial charge in [-0.3, -0.25) is 4.98 Å². The number of nitrogens with one attached hydrogen (secondary N) is 1. The number of aromatic nitrogens is 2. The van der Waals surface area contributed by atoms with Gasteiger partial charge in [0.05, 0.1) is 5.69 Å². The summed E-state index contributed by atoms with van der Waals surface area (Å²) in [5.74, 6) is 0. The Bertz CT molecular complexity index is 549. The summed E-state index contributed by atoms with van der Waals surface area (Å²) in [6, 6.07) is 4.15. The van der Waals surface area contributed by atoms with Crippen LogP contribution in [0, 0.1) is 0 Å². The average Bonchev–Trinajstić information content (AvgIpc) is 2.98. The molecule has 0 atom stereocenters. The first-order valence-corrected chi connectivity index (χ1v) is 8.43. The van der Waals surface area contributed by atoms with Gasteiger partial charge in [-0.15, -0.1) is 11.3 Å². The molecule has 114 valence electrons. The molecule has 2 aromatic rings. The minimum Gasteiger partial charge on any atom is -0.349 e. The minimum absolute atomic E-state index is 0.808. The van der Waals surface area contributed by atoms with Crippen molar-refractivity contribution in [2.45, 2.75) is 40.3 Å². The second-order valence-corrected chi connectivity index (χ2v) is 5.94. The van der Waals surface area contributed by atoms with Crippen molar-refractivity contribution in [1.29, 1.82) is 0 Å². The van der Waals surface area contributed by atoms with Crippen LogP contribution in [0.5, 0.6) is 0 Å². The predicted molar refractivity (Wildman–Crippen MR) is 89.8 cm³/mol. The van der Waals surface area contributed by atoms with E-state index in [4.69, 9.17) is 0 Å². The first-order valence-electron chi connectivity index (χ1n) is 7.61. The lowest BCUT2D eigenvalue weighted by molar-refractivity contribution is 0.679. The van der Waals surface area contributed by atoms with Crippen molar-refractivity contribution < 1.29 is 0 Å². The zero-order chi connectivity index (χ0) is 15.1. The number of pyridine rings is 1. The monoisotopic (exact) mass is 304 g/mol. The summed E-state index contributed by atoms with van der Waals surface area (Å²) >= 11 is 1.77. The van der Waals surface area contributed by atoms with Crippen LogP contribution in [0.1, 0.15) is 36.9 Å². The van der Waals surface area contributed by atoms with Crippen LogP contribution in [0.2, 0.25) is 0 Å². The van der Waals surface area contributed by atoms with Crippen molar-refractivity contribution in [3.05, 3.63) is 40.7 Å². The van der Waals surface area contributed by atoms with E-state index in [0.29, 0.717) is 0 Å². The van der Waals surface area contributed by atoms with Crippen LogP contribution in [0.4, 0.5) is 5.13 Å². The molecule has 0 fully saturated rings. The van der Waals surface area contributed by atoms with Gasteiger partial charge >= 0.3 is 0 Å². The minimum atomic E-state index is 0.808. The maximum Gasteiger partial charge on any atom is 0.185 e. The highest BCUT2D eigenvalue weighted by atomic mass is 32.1. The molecule has 0 saturated heterocycles. The molecular formula is C16H24N4S. The zero-order valence-electron chi connectivity index (χ0n) is 13.1. The third-order valence-electron chi connectivity index (χ3n) is 3.53. The van der Waals surface area contributed by atoms with Gasteiger partial charge in [-0.05, 0) is 31.9 Å². The van der Waals surface area contributed by atoms with Crippen molar-refractivity contribution in [3.8, 4) is 0 Å². The molecule has 0 aliphatic heterocycles. The van der Waals surface area contributed by atoms with Gasteiger partial charge in [-0.1, -0.05) is 13.0 Å². The molecule has 0 aliphatic rings. The normalized spacial score (nSPS) is 10.8. The largest absolute Gasteiger partial charge is 0.349 e. The Balaban J connectivity index is 1.89. The van der Waals surface area contributed by atoms with Crippen molar-refractivity contribution in [2.75, 3.05) is 18.0 Å². The molecule has 0 radical (unpaired) electrons. The zero-order valence-corrected chi connectivity index (χ0v) is 13.9. The maximum absolute atomic E-state index is 4.51. The molecule has 1 N–H and O–H groups in total. The molecule has 0 aliphatic carbocycles. The Morgan fingerprint density at radius 3 is 2.67 bits per heavy atom. The highest BCUT2D eigenvalue weighted by Gasteiger charge is 2.08. The van der Waals surface area contributed by atoms with E-state index < -0.39 is 0 Å². The smallest absolute Gasteiger partial charge is 0.185 e. The number of nitrogens with zero attached hydrogens (tertiary/aromatic N) is 3. The van der Waals surface area contributed by atoms with E-state index in [0.717, 1.165) is 43.4 Å². The predicted octanol–water partition coefficient (Wildman–Crippen LogP) is 3.24. The number of thiazole rings is 1. The molecule has 2 rings (SSSR count). The van der Waals surface area contributed by atoms with Crippen LogP contribution >= 0.6 is 11.3 Å². The Morgan fingerprint density at radius 2 is 1.95 bits per heavy atom. The first-order chi connectivity index (χ1) is 10.3. The van der Waals surface area contributed by atoms with Gasteiger partial charge in [0.2, 0.25) is 0 Å². The van der Waals surface area contributed by atoms with Crippen molar-refractivity contribution in [3.63, 3.8) is 0 Å². The van der Waals surface area contributed by atoms with Gasteiger partial charge in [-0.2, -0.15) is 0 Å². The van der Waals surface area contributed by atoms with Crippen molar-refractivity contribution in [1.82, 2.24) is 15.3 Å². The first kappa shape index (κ1) is 15.9. The fraction of sp³-hybridized carbons (Fsp3) is 0.500. The Morgan fingerprint density at radius 1 is 1.14 bits per heavy atom. The second-order valence-electron chi connectivity index (χ2n) is 4.85. The van der Waals surface area contributed by atoms with E-state index in [-0.39, 0.29) is 0 Å². The number of hydrogen-bond acceptors (Lipinski definition) is 5. The van der Waals surface area contributed by atoms with Gasteiger partial charge in [-0.25, -0.2) is 4.98 Å². The Hall–Kier alpha value is -1.46. The van der Waals surface area contributed by atoms with Gasteiger partial charge in [0.15, 0.2) is 5.13 Å². The molecule has 0 amide bonds. The summed E-state index contributed by atoms with van der Waals surface area (Å²) in [6.45, 7) is 10.2. The molecule has 0 saturated carbocycles. The molecule has 21 heavy (non-hydrogen) atoms. The molecule has 0 spiro atoms. The average molecular weight is 304 g/mol. The van der Waals surface area contributed by atoms with Crippen LogP contribution in [0.3, 0.4) is 0 Å². The molecule has 2 heterocycles. The van der Waals surface area contributed by atoms with Gasteiger partial charge < -0.3 is 10.2 Å². The van der Waals surface area contributed by atoms with Crippen LogP contribution in [0.15, 0.2) is 24.5 Å². The van der Waals surface area contributed by atoms with E-state index in [1.54, 1.807) is 11.3 Å². The molecule has 2 aromatic heterocycles. The number of hydrogen-bond donors (Lipinski definition) is 1. The number of rotatable bonds is 8. The van der Waals surface area contributed by atoms with Gasteiger partial charge in [0.1, 0.15) is 0 Å². The van der Waals surface area contributed by atoms with Crippen LogP contribution in [-0.4, -0.2) is 23.1 Å². The molecular weight excluding hydrogens is 280 g/mol. The molecule has 4 nitrogen and oxygen atoms in total. The summed E-state index contributed by atoms with van der Waals surface area (Å²) in [5.41, 5.74) is 2.46. The highest BCUT2D eigenvalue weighted by molar-refractivity contribution is 7.15. The molecule has 0 aromatic carbocycles. The summed E-state index contributed by atoms with van der Waals surface area (Å²) in [6.07, 6.45) is 4.86. The van der Waals surface area contributed by atoms with E-state index in [9.17, 15) is 0 Å². The third kappa shape index (κ3) is 4.25. The van der Waals surface area contributed by atoms with Crippen molar-refractivity contribution >= 4 is 16.5 Å². The third-order valence-corrected chi connectivity index (χ3v) is 4.59. The molecule has 0 unspecified atom stereocenters. The fourth-order valence-corrected chi connectivity index (χ4v) is 3.28. The summed E-state index contributed by atoms with van der Waals surface area (Å²) in [4.78, 5) is 12.5. The Kier molecular flexibility index (Phi) is 6.14. The van der Waals surface area contributed by atoms with Gasteiger partial charge in [0.25, 0.3) is 0 Å². The summed E-state index contributed by atoms with van der Waals surface area (Å²) in [5, 5.41) is 4.59. The summed E-state index contributed by atoms with van der Waals surface area (Å²) < 4.78 is 0. The second kappa shape index (κ2) is 8.10. The quantitative estimate of drug-likeness (QED) is 0.813. The van der Waals surface area contributed by atoms with E-state index in [1.165, 1.54) is 10.4 Å². The Labute approximate surface area is 131 Å². The SMILES string of the molecule is CCc1cccnc1CNCc1cnc(N(CC)CC)s1. The highest BCUT2D eigenvalue weighted by Crippen LogP contribution is 2.22. The van der Waals surface area contributed by atoms with Gasteiger partial charge in [0, 0.05) is 43.4 Å². The number of aryl methyl sites for hydroxylation is 1. The van der Waals surface area contributed by atoms with E-state index in [2.05, 4.69) is 47.0 Å². The summed E-state index contributed by atoms with van der Waals surface area (Å²) in [7, 11) is 0. The lowest BCUT2D eigenvalue weighted by Gasteiger charge is -2.16. The number of anilines is 1. The van der Waals surface area contributed by atoms with Crippen LogP contribution < -0.4 is 10.2 Å². The van der Waals surface area contributed by atoms with Crippen LogP contribution in [0.25, 0.3) is 0 Å². The van der Waals surface area contributed by atoms with E-state index >= 15 is 0 Å². The van der Waals surface area contributed by atoms with Crippen LogP contribution in [-0.2, 0) is 19.5 Å². The molecule has 0 bridgehead atoms. The van der Waals surface area contributed by atoms with Crippen molar-refractivity contribution in [2.24, 2.45) is 0 Å². The standard InChI is InChI=1S/C16H24N4S/c1-4-13-8-7-9-18-15(13)12-17-10-14-11-19-16(21-14)20(5-2)6-3/h7-9,11,17H,4-6,10,12H2,1-3H3.